The van der Waals surface area contributed by atoms with Crippen LogP contribution in [0.1, 0.15) is 0 Å². The molecule has 2 N–H and O–H groups in total. The van der Waals surface area contributed by atoms with Crippen molar-refractivity contribution in [2.75, 3.05) is 16.6 Å². The van der Waals surface area contributed by atoms with Crippen LogP contribution in [0.3, 0.4) is 0 Å². The van der Waals surface area contributed by atoms with Crippen LogP contribution in [0, 0.1) is 0 Å². The SMILES string of the molecule is O=C1COc2ccc(NS(=O)(=O)c3ccc(Cl)c(Cl)c3)nc2N1. The maximum absolute atomic E-state index is 12.3. The van der Waals surface area contributed by atoms with Crippen LogP contribution in [0.15, 0.2) is 35.2 Å². The monoisotopic (exact) mass is 373 g/mol. The van der Waals surface area contributed by atoms with Crippen LogP contribution in [-0.2, 0) is 14.8 Å². The van der Waals surface area contributed by atoms with Gasteiger partial charge in [-0.15, -0.1) is 0 Å². The fourth-order valence-electron chi connectivity index (χ4n) is 1.86. The number of rotatable bonds is 3. The summed E-state index contributed by atoms with van der Waals surface area (Å²) in [5.74, 6) is 0.174. The molecular weight excluding hydrogens is 365 g/mol. The van der Waals surface area contributed by atoms with Crippen LogP contribution in [0.5, 0.6) is 5.75 Å². The Balaban J connectivity index is 1.90. The maximum Gasteiger partial charge on any atom is 0.263 e. The summed E-state index contributed by atoms with van der Waals surface area (Å²) in [7, 11) is -3.90. The summed E-state index contributed by atoms with van der Waals surface area (Å²) in [6.45, 7) is -0.108. The zero-order valence-corrected chi connectivity index (χ0v) is 13.7. The Morgan fingerprint density at radius 3 is 2.70 bits per heavy atom. The molecule has 1 aliphatic heterocycles. The van der Waals surface area contributed by atoms with E-state index in [1.165, 1.54) is 30.3 Å². The summed E-state index contributed by atoms with van der Waals surface area (Å²) in [5, 5.41) is 2.86. The first kappa shape index (κ1) is 15.9. The van der Waals surface area contributed by atoms with Crippen molar-refractivity contribution < 1.29 is 17.9 Å². The van der Waals surface area contributed by atoms with Crippen molar-refractivity contribution in [2.45, 2.75) is 4.90 Å². The van der Waals surface area contributed by atoms with Crippen LogP contribution in [0.2, 0.25) is 10.0 Å². The Kier molecular flexibility index (Phi) is 4.05. The molecule has 1 aliphatic rings. The highest BCUT2D eigenvalue weighted by atomic mass is 35.5. The van der Waals surface area contributed by atoms with E-state index in [0.29, 0.717) is 5.75 Å². The number of ether oxygens (including phenoxy) is 1. The number of fused-ring (bicyclic) bond motifs is 1. The summed E-state index contributed by atoms with van der Waals surface area (Å²) in [6, 6.07) is 6.86. The topological polar surface area (TPSA) is 97.4 Å². The Labute approximate surface area is 141 Å². The molecule has 1 aromatic heterocycles. The van der Waals surface area contributed by atoms with Gasteiger partial charge < -0.3 is 10.1 Å². The van der Waals surface area contributed by atoms with Gasteiger partial charge in [-0.3, -0.25) is 9.52 Å². The molecule has 2 heterocycles. The molecule has 1 amide bonds. The first-order chi connectivity index (χ1) is 10.8. The van der Waals surface area contributed by atoms with Gasteiger partial charge in [0.2, 0.25) is 0 Å². The highest BCUT2D eigenvalue weighted by Crippen LogP contribution is 2.29. The predicted octanol–water partition coefficient (Wildman–Crippen LogP) is 2.52. The molecule has 0 aliphatic carbocycles. The number of halogens is 2. The highest BCUT2D eigenvalue weighted by Gasteiger charge is 2.20. The summed E-state index contributed by atoms with van der Waals surface area (Å²) in [4.78, 5) is 15.2. The molecule has 2 aromatic rings. The summed E-state index contributed by atoms with van der Waals surface area (Å²) in [5.41, 5.74) is 0. The lowest BCUT2D eigenvalue weighted by molar-refractivity contribution is -0.118. The van der Waals surface area contributed by atoms with Crippen molar-refractivity contribution >= 4 is 50.8 Å². The zero-order valence-electron chi connectivity index (χ0n) is 11.3. The predicted molar refractivity (Wildman–Crippen MR) is 85.6 cm³/mol. The Morgan fingerprint density at radius 2 is 1.96 bits per heavy atom. The molecule has 23 heavy (non-hydrogen) atoms. The van der Waals surface area contributed by atoms with E-state index in [1.807, 2.05) is 0 Å². The summed E-state index contributed by atoms with van der Waals surface area (Å²) in [6.07, 6.45) is 0. The van der Waals surface area contributed by atoms with E-state index in [1.54, 1.807) is 0 Å². The molecule has 7 nitrogen and oxygen atoms in total. The standard InChI is InChI=1S/C13H9Cl2N3O4S/c14-8-2-1-7(5-9(8)15)23(20,21)18-11-4-3-10-13(16-11)17-12(19)6-22-10/h1-5H,6H2,(H2,16,17,18,19). The number of anilines is 2. The second-order valence-electron chi connectivity index (χ2n) is 4.56. The summed E-state index contributed by atoms with van der Waals surface area (Å²) < 4.78 is 32.1. The quantitative estimate of drug-likeness (QED) is 0.861. The lowest BCUT2D eigenvalue weighted by atomic mass is 10.3. The second kappa shape index (κ2) is 5.88. The number of nitrogens with zero attached hydrogens (tertiary/aromatic N) is 1. The Hall–Kier alpha value is -2.03. The normalized spacial score (nSPS) is 13.7. The number of hydrogen-bond acceptors (Lipinski definition) is 5. The molecule has 1 aromatic carbocycles. The number of pyridine rings is 1. The first-order valence-corrected chi connectivity index (χ1v) is 8.51. The van der Waals surface area contributed by atoms with Crippen molar-refractivity contribution in [2.24, 2.45) is 0 Å². The molecule has 3 rings (SSSR count). The van der Waals surface area contributed by atoms with Gasteiger partial charge in [-0.05, 0) is 30.3 Å². The number of sulfonamides is 1. The summed E-state index contributed by atoms with van der Waals surface area (Å²) >= 11 is 11.6. The minimum atomic E-state index is -3.90. The lowest BCUT2D eigenvalue weighted by Gasteiger charge is -2.17. The maximum atomic E-state index is 12.3. The molecule has 0 fully saturated rings. The van der Waals surface area contributed by atoms with Crippen molar-refractivity contribution in [3.63, 3.8) is 0 Å². The van der Waals surface area contributed by atoms with Crippen LogP contribution in [-0.4, -0.2) is 25.9 Å². The van der Waals surface area contributed by atoms with Gasteiger partial charge >= 0.3 is 0 Å². The zero-order chi connectivity index (χ0) is 16.6. The van der Waals surface area contributed by atoms with Crippen molar-refractivity contribution in [3.8, 4) is 5.75 Å². The average molecular weight is 374 g/mol. The van der Waals surface area contributed by atoms with Crippen LogP contribution < -0.4 is 14.8 Å². The van der Waals surface area contributed by atoms with E-state index in [9.17, 15) is 13.2 Å². The van der Waals surface area contributed by atoms with Crippen LogP contribution in [0.25, 0.3) is 0 Å². The first-order valence-electron chi connectivity index (χ1n) is 6.27. The molecule has 0 radical (unpaired) electrons. The molecule has 0 atom stereocenters. The van der Waals surface area contributed by atoms with Gasteiger partial charge in [-0.25, -0.2) is 13.4 Å². The molecule has 10 heteroatoms. The molecule has 0 bridgehead atoms. The third-order valence-electron chi connectivity index (χ3n) is 2.92. The molecule has 0 saturated carbocycles. The number of benzene rings is 1. The van der Waals surface area contributed by atoms with E-state index < -0.39 is 10.0 Å². The molecule has 0 unspecified atom stereocenters. The minimum absolute atomic E-state index is 0.0284. The van der Waals surface area contributed by atoms with Gasteiger partial charge in [-0.1, -0.05) is 23.2 Å². The minimum Gasteiger partial charge on any atom is -0.480 e. The smallest absolute Gasteiger partial charge is 0.263 e. The van der Waals surface area contributed by atoms with Gasteiger partial charge in [0.05, 0.1) is 14.9 Å². The molecule has 0 spiro atoms. The largest absolute Gasteiger partial charge is 0.480 e. The second-order valence-corrected chi connectivity index (χ2v) is 7.06. The molecule has 120 valence electrons. The van der Waals surface area contributed by atoms with Crippen LogP contribution in [0.4, 0.5) is 11.6 Å². The third-order valence-corrected chi connectivity index (χ3v) is 5.01. The third kappa shape index (κ3) is 3.34. The van der Waals surface area contributed by atoms with Gasteiger partial charge in [0.15, 0.2) is 18.2 Å². The van der Waals surface area contributed by atoms with Crippen molar-refractivity contribution in [1.29, 1.82) is 0 Å². The number of amides is 1. The van der Waals surface area contributed by atoms with E-state index in [-0.39, 0.29) is 39.1 Å². The van der Waals surface area contributed by atoms with Gasteiger partial charge in [0.1, 0.15) is 5.82 Å². The van der Waals surface area contributed by atoms with Gasteiger partial charge in [0, 0.05) is 0 Å². The van der Waals surface area contributed by atoms with Gasteiger partial charge in [0.25, 0.3) is 15.9 Å². The van der Waals surface area contributed by atoms with Crippen LogP contribution >= 0.6 is 23.2 Å². The fourth-order valence-corrected chi connectivity index (χ4v) is 3.25. The van der Waals surface area contributed by atoms with Crippen molar-refractivity contribution in [3.05, 3.63) is 40.4 Å². The average Bonchev–Trinajstić information content (AvgIpc) is 2.49. The van der Waals surface area contributed by atoms with Gasteiger partial charge in [-0.2, -0.15) is 0 Å². The Bertz CT molecular complexity index is 902. The number of aromatic nitrogens is 1. The molecular formula is C13H9Cl2N3O4S. The highest BCUT2D eigenvalue weighted by molar-refractivity contribution is 7.92. The van der Waals surface area contributed by atoms with E-state index >= 15 is 0 Å². The number of nitrogens with one attached hydrogen (secondary N) is 2. The number of carbonyl (C=O) groups is 1. The number of carbonyl (C=O) groups excluding carboxylic acids is 1. The molecule has 0 saturated heterocycles. The fraction of sp³-hybridized carbons (Fsp3) is 0.0769. The lowest BCUT2D eigenvalue weighted by Crippen LogP contribution is -2.26. The number of hydrogen-bond donors (Lipinski definition) is 2. The Morgan fingerprint density at radius 1 is 1.17 bits per heavy atom. The van der Waals surface area contributed by atoms with E-state index in [2.05, 4.69) is 15.0 Å². The van der Waals surface area contributed by atoms with E-state index in [0.717, 1.165) is 0 Å². The van der Waals surface area contributed by atoms with Crippen molar-refractivity contribution in [1.82, 2.24) is 4.98 Å². The van der Waals surface area contributed by atoms with E-state index in [4.69, 9.17) is 27.9 Å².